The van der Waals surface area contributed by atoms with E-state index in [1.807, 2.05) is 24.3 Å². The number of para-hydroxylation sites is 1. The first-order valence-corrected chi connectivity index (χ1v) is 7.81. The van der Waals surface area contributed by atoms with Crippen molar-refractivity contribution < 1.29 is 14.2 Å². The first kappa shape index (κ1) is 16.0. The molecule has 0 bridgehead atoms. The van der Waals surface area contributed by atoms with Gasteiger partial charge in [-0.05, 0) is 36.2 Å². The number of hydrogen-bond donors (Lipinski definition) is 1. The number of benzene rings is 2. The monoisotopic (exact) mass is 313 g/mol. The molecule has 23 heavy (non-hydrogen) atoms. The van der Waals surface area contributed by atoms with Crippen LogP contribution in [0.4, 0.5) is 0 Å². The van der Waals surface area contributed by atoms with Crippen LogP contribution in [0.25, 0.3) is 0 Å². The van der Waals surface area contributed by atoms with Crippen LogP contribution >= 0.6 is 0 Å². The summed E-state index contributed by atoms with van der Waals surface area (Å²) in [6.45, 7) is 0.880. The molecule has 1 aliphatic heterocycles. The zero-order valence-corrected chi connectivity index (χ0v) is 13.8. The lowest BCUT2D eigenvalue weighted by molar-refractivity contribution is -0.238. The van der Waals surface area contributed by atoms with Gasteiger partial charge in [0.05, 0.1) is 18.7 Å². The van der Waals surface area contributed by atoms with E-state index in [-0.39, 0.29) is 6.04 Å². The van der Waals surface area contributed by atoms with Crippen molar-refractivity contribution in [2.45, 2.75) is 18.2 Å². The van der Waals surface area contributed by atoms with Gasteiger partial charge in [-0.15, -0.1) is 0 Å². The number of rotatable bonds is 5. The minimum atomic E-state index is -0.955. The first-order valence-electron chi connectivity index (χ1n) is 7.81. The smallest absolute Gasteiger partial charge is 0.218 e. The Balaban J connectivity index is 2.16. The summed E-state index contributed by atoms with van der Waals surface area (Å²) in [5.41, 5.74) is 3.40. The molecule has 2 aromatic rings. The third kappa shape index (κ3) is 2.63. The lowest BCUT2D eigenvalue weighted by Crippen LogP contribution is -2.47. The van der Waals surface area contributed by atoms with Crippen LogP contribution < -0.4 is 10.1 Å². The normalized spacial score (nSPS) is 17.6. The molecule has 0 fully saturated rings. The van der Waals surface area contributed by atoms with Crippen LogP contribution in [0.5, 0.6) is 5.75 Å². The maximum Gasteiger partial charge on any atom is 0.218 e. The van der Waals surface area contributed by atoms with Crippen molar-refractivity contribution in [2.24, 2.45) is 0 Å². The van der Waals surface area contributed by atoms with Crippen molar-refractivity contribution in [3.8, 4) is 5.75 Å². The van der Waals surface area contributed by atoms with E-state index in [4.69, 9.17) is 14.2 Å². The van der Waals surface area contributed by atoms with E-state index in [0.29, 0.717) is 0 Å². The van der Waals surface area contributed by atoms with Gasteiger partial charge in [0.25, 0.3) is 0 Å². The maximum atomic E-state index is 5.95. The molecule has 0 aromatic heterocycles. The average molecular weight is 313 g/mol. The van der Waals surface area contributed by atoms with Crippen molar-refractivity contribution in [3.63, 3.8) is 0 Å². The number of ether oxygens (including phenoxy) is 3. The summed E-state index contributed by atoms with van der Waals surface area (Å²) < 4.78 is 17.4. The largest absolute Gasteiger partial charge is 0.496 e. The van der Waals surface area contributed by atoms with Gasteiger partial charge < -0.3 is 19.5 Å². The van der Waals surface area contributed by atoms with Gasteiger partial charge in [-0.1, -0.05) is 36.4 Å². The van der Waals surface area contributed by atoms with Crippen molar-refractivity contribution in [1.82, 2.24) is 5.32 Å². The van der Waals surface area contributed by atoms with Gasteiger partial charge in [0.1, 0.15) is 5.75 Å². The van der Waals surface area contributed by atoms with Gasteiger partial charge in [-0.25, -0.2) is 0 Å². The van der Waals surface area contributed by atoms with Crippen molar-refractivity contribution >= 4 is 0 Å². The predicted octanol–water partition coefficient (Wildman–Crippen LogP) is 3.03. The van der Waals surface area contributed by atoms with E-state index in [1.165, 1.54) is 11.1 Å². The van der Waals surface area contributed by atoms with E-state index in [9.17, 15) is 0 Å². The number of nitrogens with one attached hydrogen (secondary N) is 1. The molecule has 1 atom stereocenters. The third-order valence-electron chi connectivity index (χ3n) is 4.58. The minimum absolute atomic E-state index is 0.112. The molecule has 1 unspecified atom stereocenters. The molecular weight excluding hydrogens is 290 g/mol. The molecule has 3 rings (SSSR count). The summed E-state index contributed by atoms with van der Waals surface area (Å²) in [5.74, 6) is -0.204. The second kappa shape index (κ2) is 6.71. The summed E-state index contributed by atoms with van der Waals surface area (Å²) in [6, 6.07) is 16.2. The Kier molecular flexibility index (Phi) is 4.66. The Labute approximate surface area is 137 Å². The van der Waals surface area contributed by atoms with E-state index in [2.05, 4.69) is 29.6 Å². The zero-order valence-electron chi connectivity index (χ0n) is 13.8. The molecule has 4 heteroatoms. The molecule has 1 N–H and O–H groups in total. The van der Waals surface area contributed by atoms with Crippen LogP contribution in [0.15, 0.2) is 48.5 Å². The van der Waals surface area contributed by atoms with Crippen LogP contribution in [0.1, 0.15) is 22.7 Å². The molecule has 122 valence electrons. The highest BCUT2D eigenvalue weighted by Crippen LogP contribution is 2.44. The van der Waals surface area contributed by atoms with Gasteiger partial charge in [-0.3, -0.25) is 0 Å². The van der Waals surface area contributed by atoms with E-state index < -0.39 is 5.79 Å². The van der Waals surface area contributed by atoms with Gasteiger partial charge >= 0.3 is 0 Å². The lowest BCUT2D eigenvalue weighted by atomic mass is 9.85. The molecule has 0 saturated heterocycles. The Morgan fingerprint density at radius 2 is 1.65 bits per heavy atom. The molecule has 0 radical (unpaired) electrons. The molecule has 0 spiro atoms. The Hall–Kier alpha value is -1.88. The highest BCUT2D eigenvalue weighted by Gasteiger charge is 2.45. The topological polar surface area (TPSA) is 39.7 Å². The van der Waals surface area contributed by atoms with Crippen LogP contribution in [0.2, 0.25) is 0 Å². The number of hydrogen-bond acceptors (Lipinski definition) is 4. The highest BCUT2D eigenvalue weighted by atomic mass is 16.7. The van der Waals surface area contributed by atoms with Crippen LogP contribution in [-0.2, 0) is 21.7 Å². The van der Waals surface area contributed by atoms with Crippen molar-refractivity contribution in [2.75, 3.05) is 27.9 Å². The lowest BCUT2D eigenvalue weighted by Gasteiger charge is -2.42. The molecular formula is C19H23NO3. The van der Waals surface area contributed by atoms with Crippen molar-refractivity contribution in [3.05, 3.63) is 65.2 Å². The summed E-state index contributed by atoms with van der Waals surface area (Å²) in [7, 11) is 5.01. The van der Waals surface area contributed by atoms with Crippen molar-refractivity contribution in [1.29, 1.82) is 0 Å². The Morgan fingerprint density at radius 3 is 2.39 bits per heavy atom. The third-order valence-corrected chi connectivity index (χ3v) is 4.58. The zero-order chi connectivity index (χ0) is 16.3. The Morgan fingerprint density at radius 1 is 0.957 bits per heavy atom. The average Bonchev–Trinajstić information content (AvgIpc) is 2.64. The Bertz CT molecular complexity index is 667. The fourth-order valence-electron chi connectivity index (χ4n) is 3.47. The van der Waals surface area contributed by atoms with E-state index in [1.54, 1.807) is 21.3 Å². The standard InChI is InChI=1S/C19H23NO3/c1-21-17-11-7-6-10-16(17)19(22-2,23-3)18-15-9-5-4-8-14(15)12-13-20-18/h4-11,18,20H,12-13H2,1-3H3. The molecule has 1 heterocycles. The molecule has 0 aliphatic carbocycles. The number of methoxy groups -OCH3 is 3. The summed E-state index contributed by atoms with van der Waals surface area (Å²) >= 11 is 0. The van der Waals surface area contributed by atoms with Crippen LogP contribution in [0.3, 0.4) is 0 Å². The quantitative estimate of drug-likeness (QED) is 0.861. The molecule has 0 amide bonds. The summed E-state index contributed by atoms with van der Waals surface area (Å²) in [6.07, 6.45) is 1.00. The second-order valence-electron chi connectivity index (χ2n) is 5.61. The fraction of sp³-hybridized carbons (Fsp3) is 0.368. The van der Waals surface area contributed by atoms with Gasteiger partial charge in [0, 0.05) is 14.2 Å². The van der Waals surface area contributed by atoms with Gasteiger partial charge in [-0.2, -0.15) is 0 Å². The summed E-state index contributed by atoms with van der Waals surface area (Å²) in [4.78, 5) is 0. The predicted molar refractivity (Wildman–Crippen MR) is 89.6 cm³/mol. The molecule has 2 aromatic carbocycles. The van der Waals surface area contributed by atoms with Gasteiger partial charge in [0.2, 0.25) is 5.79 Å². The first-order chi connectivity index (χ1) is 11.3. The van der Waals surface area contributed by atoms with E-state index >= 15 is 0 Å². The minimum Gasteiger partial charge on any atom is -0.496 e. The van der Waals surface area contributed by atoms with Crippen LogP contribution in [0, 0.1) is 0 Å². The fourth-order valence-corrected chi connectivity index (χ4v) is 3.47. The molecule has 4 nitrogen and oxygen atoms in total. The van der Waals surface area contributed by atoms with Crippen LogP contribution in [-0.4, -0.2) is 27.9 Å². The summed E-state index contributed by atoms with van der Waals surface area (Å²) in [5, 5.41) is 3.56. The SMILES string of the molecule is COc1ccccc1C(OC)(OC)C1NCCc2ccccc21. The van der Waals surface area contributed by atoms with Gasteiger partial charge in [0.15, 0.2) is 0 Å². The second-order valence-corrected chi connectivity index (χ2v) is 5.61. The number of fused-ring (bicyclic) bond motifs is 1. The molecule has 0 saturated carbocycles. The van der Waals surface area contributed by atoms with E-state index in [0.717, 1.165) is 24.3 Å². The molecule has 1 aliphatic rings. The maximum absolute atomic E-state index is 5.95. The highest BCUT2D eigenvalue weighted by molar-refractivity contribution is 5.42.